The lowest BCUT2D eigenvalue weighted by Crippen LogP contribution is -1.90. The molecule has 76 valence electrons. The van der Waals surface area contributed by atoms with Gasteiger partial charge >= 0.3 is 0 Å². The SMILES string of the molecule is Fc1cccc(F)c1-c1ccccc1Br. The van der Waals surface area contributed by atoms with Crippen molar-refractivity contribution in [1.82, 2.24) is 0 Å². The summed E-state index contributed by atoms with van der Waals surface area (Å²) < 4.78 is 27.6. The van der Waals surface area contributed by atoms with E-state index in [2.05, 4.69) is 15.9 Å². The smallest absolute Gasteiger partial charge is 0.134 e. The van der Waals surface area contributed by atoms with Crippen molar-refractivity contribution < 1.29 is 8.78 Å². The highest BCUT2D eigenvalue weighted by molar-refractivity contribution is 9.10. The summed E-state index contributed by atoms with van der Waals surface area (Å²) in [5.74, 6) is -1.11. The predicted octanol–water partition coefficient (Wildman–Crippen LogP) is 4.39. The van der Waals surface area contributed by atoms with Crippen molar-refractivity contribution in [3.8, 4) is 11.1 Å². The van der Waals surface area contributed by atoms with Crippen molar-refractivity contribution in [2.24, 2.45) is 0 Å². The van der Waals surface area contributed by atoms with Crippen molar-refractivity contribution in [2.45, 2.75) is 0 Å². The molecule has 0 N–H and O–H groups in total. The Morgan fingerprint density at radius 3 is 2.00 bits per heavy atom. The van der Waals surface area contributed by atoms with Crippen LogP contribution in [0.15, 0.2) is 46.9 Å². The van der Waals surface area contributed by atoms with E-state index < -0.39 is 11.6 Å². The largest absolute Gasteiger partial charge is 0.206 e. The molecule has 0 bridgehead atoms. The van der Waals surface area contributed by atoms with Crippen LogP contribution in [0.25, 0.3) is 11.1 Å². The third-order valence-corrected chi connectivity index (χ3v) is 2.80. The summed E-state index contributed by atoms with van der Waals surface area (Å²) in [6, 6.07) is 10.8. The van der Waals surface area contributed by atoms with Gasteiger partial charge in [0.25, 0.3) is 0 Å². The average molecular weight is 269 g/mol. The van der Waals surface area contributed by atoms with Gasteiger partial charge in [-0.2, -0.15) is 0 Å². The van der Waals surface area contributed by atoms with Crippen LogP contribution >= 0.6 is 15.9 Å². The number of rotatable bonds is 1. The monoisotopic (exact) mass is 268 g/mol. The molecule has 0 aliphatic rings. The van der Waals surface area contributed by atoms with Crippen LogP contribution in [0, 0.1) is 11.6 Å². The molecule has 0 aliphatic carbocycles. The van der Waals surface area contributed by atoms with Crippen LogP contribution in [0.2, 0.25) is 0 Å². The highest BCUT2D eigenvalue weighted by atomic mass is 79.9. The molecule has 0 spiro atoms. The minimum absolute atomic E-state index is 0.00461. The summed E-state index contributed by atoms with van der Waals surface area (Å²) in [6.45, 7) is 0. The second kappa shape index (κ2) is 4.11. The number of benzene rings is 2. The molecule has 0 heterocycles. The van der Waals surface area contributed by atoms with Gasteiger partial charge in [-0.15, -0.1) is 0 Å². The summed E-state index contributed by atoms with van der Waals surface area (Å²) >= 11 is 3.27. The normalized spacial score (nSPS) is 10.3. The summed E-state index contributed by atoms with van der Waals surface area (Å²) in [5.41, 5.74) is 0.526. The Morgan fingerprint density at radius 1 is 0.800 bits per heavy atom. The Bertz CT molecular complexity index is 474. The molecule has 2 aromatic rings. The molecule has 2 rings (SSSR count). The van der Waals surface area contributed by atoms with E-state index in [0.717, 1.165) is 0 Å². The molecule has 0 atom stereocenters. The van der Waals surface area contributed by atoms with E-state index in [1.54, 1.807) is 24.3 Å². The Hall–Kier alpha value is -1.22. The summed E-state index contributed by atoms with van der Waals surface area (Å²) in [6.07, 6.45) is 0. The van der Waals surface area contributed by atoms with Gasteiger partial charge in [-0.05, 0) is 18.2 Å². The van der Waals surface area contributed by atoms with Crippen LogP contribution in [-0.4, -0.2) is 0 Å². The maximum Gasteiger partial charge on any atom is 0.134 e. The Balaban J connectivity index is 2.69. The maximum atomic E-state index is 13.5. The first-order valence-corrected chi connectivity index (χ1v) is 5.18. The maximum absolute atomic E-state index is 13.5. The lowest BCUT2D eigenvalue weighted by molar-refractivity contribution is 0.589. The predicted molar refractivity (Wildman–Crippen MR) is 59.5 cm³/mol. The van der Waals surface area contributed by atoms with Crippen LogP contribution in [0.3, 0.4) is 0 Å². The molecule has 0 nitrogen and oxygen atoms in total. The average Bonchev–Trinajstić information content (AvgIpc) is 2.20. The van der Waals surface area contributed by atoms with Gasteiger partial charge in [-0.3, -0.25) is 0 Å². The van der Waals surface area contributed by atoms with Crippen LogP contribution in [0.4, 0.5) is 8.78 Å². The first kappa shape index (κ1) is 10.3. The van der Waals surface area contributed by atoms with Gasteiger partial charge in [0.05, 0.1) is 5.56 Å². The lowest BCUT2D eigenvalue weighted by atomic mass is 10.0. The van der Waals surface area contributed by atoms with Gasteiger partial charge in [0, 0.05) is 10.0 Å². The molecule has 0 unspecified atom stereocenters. The van der Waals surface area contributed by atoms with E-state index in [0.29, 0.717) is 10.0 Å². The van der Waals surface area contributed by atoms with Crippen molar-refractivity contribution in [1.29, 1.82) is 0 Å². The summed E-state index contributed by atoms with van der Waals surface area (Å²) in [5, 5.41) is 0. The van der Waals surface area contributed by atoms with Gasteiger partial charge in [-0.1, -0.05) is 40.2 Å². The minimum Gasteiger partial charge on any atom is -0.206 e. The summed E-state index contributed by atoms with van der Waals surface area (Å²) in [4.78, 5) is 0. The van der Waals surface area contributed by atoms with Crippen molar-refractivity contribution in [2.75, 3.05) is 0 Å². The summed E-state index contributed by atoms with van der Waals surface area (Å²) in [7, 11) is 0. The lowest BCUT2D eigenvalue weighted by Gasteiger charge is -2.06. The Labute approximate surface area is 94.7 Å². The quantitative estimate of drug-likeness (QED) is 0.720. The fourth-order valence-electron chi connectivity index (χ4n) is 1.42. The topological polar surface area (TPSA) is 0 Å². The van der Waals surface area contributed by atoms with E-state index >= 15 is 0 Å². The van der Waals surface area contributed by atoms with Gasteiger partial charge in [0.15, 0.2) is 0 Å². The second-order valence-electron chi connectivity index (χ2n) is 3.08. The molecule has 0 fully saturated rings. The van der Waals surface area contributed by atoms with E-state index in [1.807, 2.05) is 0 Å². The van der Waals surface area contributed by atoms with Gasteiger partial charge < -0.3 is 0 Å². The van der Waals surface area contributed by atoms with Crippen molar-refractivity contribution >= 4 is 15.9 Å². The van der Waals surface area contributed by atoms with Crippen molar-refractivity contribution in [3.05, 3.63) is 58.6 Å². The van der Waals surface area contributed by atoms with Gasteiger partial charge in [-0.25, -0.2) is 8.78 Å². The highest BCUT2D eigenvalue weighted by Gasteiger charge is 2.12. The molecule has 0 radical (unpaired) electrons. The molecule has 0 aliphatic heterocycles. The first-order valence-electron chi connectivity index (χ1n) is 4.39. The van der Waals surface area contributed by atoms with E-state index in [9.17, 15) is 8.78 Å². The Morgan fingerprint density at radius 2 is 1.40 bits per heavy atom. The fourth-order valence-corrected chi connectivity index (χ4v) is 1.90. The van der Waals surface area contributed by atoms with Gasteiger partial charge in [0.2, 0.25) is 0 Å². The standard InChI is InChI=1S/C12H7BrF2/c13-9-5-2-1-4-8(9)12-10(14)6-3-7-11(12)15/h1-7H. The molecule has 3 heteroatoms. The second-order valence-corrected chi connectivity index (χ2v) is 3.93. The fraction of sp³-hybridized carbons (Fsp3) is 0. The molecular weight excluding hydrogens is 262 g/mol. The number of halogens is 3. The third kappa shape index (κ3) is 1.92. The molecular formula is C12H7BrF2. The molecule has 0 aromatic heterocycles. The van der Waals surface area contributed by atoms with Crippen molar-refractivity contribution in [3.63, 3.8) is 0 Å². The van der Waals surface area contributed by atoms with Crippen LogP contribution in [-0.2, 0) is 0 Å². The number of hydrogen-bond donors (Lipinski definition) is 0. The zero-order valence-electron chi connectivity index (χ0n) is 7.68. The zero-order chi connectivity index (χ0) is 10.8. The van der Waals surface area contributed by atoms with Gasteiger partial charge in [0.1, 0.15) is 11.6 Å². The van der Waals surface area contributed by atoms with E-state index in [-0.39, 0.29) is 5.56 Å². The molecule has 0 saturated carbocycles. The van der Waals surface area contributed by atoms with Crippen LogP contribution < -0.4 is 0 Å². The van der Waals surface area contributed by atoms with E-state index in [4.69, 9.17) is 0 Å². The van der Waals surface area contributed by atoms with Crippen LogP contribution in [0.1, 0.15) is 0 Å². The van der Waals surface area contributed by atoms with Crippen LogP contribution in [0.5, 0.6) is 0 Å². The molecule has 2 aromatic carbocycles. The van der Waals surface area contributed by atoms with E-state index in [1.165, 1.54) is 18.2 Å². The third-order valence-electron chi connectivity index (χ3n) is 2.11. The minimum atomic E-state index is -0.554. The zero-order valence-corrected chi connectivity index (χ0v) is 9.26. The molecule has 0 amide bonds. The molecule has 0 saturated heterocycles. The first-order chi connectivity index (χ1) is 7.20. The highest BCUT2D eigenvalue weighted by Crippen LogP contribution is 2.31. The Kier molecular flexibility index (Phi) is 2.82. The molecule has 15 heavy (non-hydrogen) atoms. The number of hydrogen-bond acceptors (Lipinski definition) is 0.